The summed E-state index contributed by atoms with van der Waals surface area (Å²) in [5, 5.41) is 16.1. The number of nitriles is 1. The van der Waals surface area contributed by atoms with Gasteiger partial charge in [0.15, 0.2) is 0 Å². The predicted octanol–water partition coefficient (Wildman–Crippen LogP) is 5.12. The molecule has 2 heterocycles. The SMILES string of the molecule is CCCOC(C)c1cc(Nc2ncc(C)c(NC3COCCC3C#N)n2)ccc1Br. The van der Waals surface area contributed by atoms with Crippen molar-refractivity contribution in [3.63, 3.8) is 0 Å². The lowest BCUT2D eigenvalue weighted by Gasteiger charge is -2.28. The molecular formula is C22H28BrN5O2. The second-order valence-electron chi connectivity index (χ2n) is 7.45. The molecule has 0 spiro atoms. The van der Waals surface area contributed by atoms with Gasteiger partial charge in [-0.2, -0.15) is 10.2 Å². The van der Waals surface area contributed by atoms with Crippen molar-refractivity contribution in [2.45, 2.75) is 45.8 Å². The summed E-state index contributed by atoms with van der Waals surface area (Å²) in [5.74, 6) is 1.10. The summed E-state index contributed by atoms with van der Waals surface area (Å²) in [4.78, 5) is 9.05. The Morgan fingerprint density at radius 1 is 1.43 bits per heavy atom. The van der Waals surface area contributed by atoms with E-state index in [0.29, 0.717) is 25.0 Å². The maximum absolute atomic E-state index is 9.40. The molecule has 1 aromatic heterocycles. The number of aryl methyl sites for hydroxylation is 1. The predicted molar refractivity (Wildman–Crippen MR) is 121 cm³/mol. The van der Waals surface area contributed by atoms with E-state index in [1.54, 1.807) is 6.20 Å². The summed E-state index contributed by atoms with van der Waals surface area (Å²) in [6, 6.07) is 8.29. The number of anilines is 3. The van der Waals surface area contributed by atoms with Crippen LogP contribution in [0.3, 0.4) is 0 Å². The van der Waals surface area contributed by atoms with Crippen molar-refractivity contribution in [3.8, 4) is 6.07 Å². The zero-order valence-corrected chi connectivity index (χ0v) is 19.2. The fraction of sp³-hybridized carbons (Fsp3) is 0.500. The second kappa shape index (κ2) is 10.7. The van der Waals surface area contributed by atoms with Crippen molar-refractivity contribution < 1.29 is 9.47 Å². The van der Waals surface area contributed by atoms with Gasteiger partial charge in [-0.25, -0.2) is 4.98 Å². The number of nitrogens with zero attached hydrogens (tertiary/aromatic N) is 3. The smallest absolute Gasteiger partial charge is 0.229 e. The van der Waals surface area contributed by atoms with Crippen LogP contribution in [-0.4, -0.2) is 35.8 Å². The van der Waals surface area contributed by atoms with Gasteiger partial charge < -0.3 is 20.1 Å². The van der Waals surface area contributed by atoms with Gasteiger partial charge in [-0.05, 0) is 50.5 Å². The molecule has 1 aliphatic rings. The second-order valence-corrected chi connectivity index (χ2v) is 8.30. The van der Waals surface area contributed by atoms with Crippen LogP contribution in [0.25, 0.3) is 0 Å². The summed E-state index contributed by atoms with van der Waals surface area (Å²) in [7, 11) is 0. The lowest BCUT2D eigenvalue weighted by atomic mass is 9.96. The lowest BCUT2D eigenvalue weighted by Crippen LogP contribution is -2.38. The van der Waals surface area contributed by atoms with E-state index in [-0.39, 0.29) is 18.1 Å². The van der Waals surface area contributed by atoms with E-state index in [2.05, 4.69) is 49.5 Å². The molecule has 2 N–H and O–H groups in total. The minimum absolute atomic E-state index is 0.0218. The van der Waals surface area contributed by atoms with Gasteiger partial charge in [0.2, 0.25) is 5.95 Å². The highest BCUT2D eigenvalue weighted by Gasteiger charge is 2.26. The third-order valence-corrected chi connectivity index (χ3v) is 5.80. The van der Waals surface area contributed by atoms with Crippen LogP contribution in [-0.2, 0) is 9.47 Å². The van der Waals surface area contributed by atoms with Crippen molar-refractivity contribution in [2.24, 2.45) is 5.92 Å². The molecule has 3 unspecified atom stereocenters. The van der Waals surface area contributed by atoms with Gasteiger partial charge in [-0.3, -0.25) is 0 Å². The number of hydrogen-bond acceptors (Lipinski definition) is 7. The number of halogens is 1. The molecule has 0 amide bonds. The van der Waals surface area contributed by atoms with E-state index in [4.69, 9.17) is 9.47 Å². The van der Waals surface area contributed by atoms with Gasteiger partial charge in [0.25, 0.3) is 0 Å². The van der Waals surface area contributed by atoms with Crippen LogP contribution in [0.4, 0.5) is 17.5 Å². The average molecular weight is 474 g/mol. The maximum Gasteiger partial charge on any atom is 0.229 e. The summed E-state index contributed by atoms with van der Waals surface area (Å²) in [6.07, 6.45) is 3.45. The van der Waals surface area contributed by atoms with E-state index < -0.39 is 0 Å². The molecule has 1 fully saturated rings. The van der Waals surface area contributed by atoms with E-state index in [1.807, 2.05) is 32.0 Å². The van der Waals surface area contributed by atoms with Crippen LogP contribution < -0.4 is 10.6 Å². The van der Waals surface area contributed by atoms with Crippen molar-refractivity contribution in [1.29, 1.82) is 5.26 Å². The van der Waals surface area contributed by atoms with Crippen molar-refractivity contribution in [3.05, 3.63) is 40.0 Å². The molecular weight excluding hydrogens is 446 g/mol. The lowest BCUT2D eigenvalue weighted by molar-refractivity contribution is 0.0658. The average Bonchev–Trinajstić information content (AvgIpc) is 2.76. The quantitative estimate of drug-likeness (QED) is 0.549. The van der Waals surface area contributed by atoms with Crippen LogP contribution in [0.5, 0.6) is 0 Å². The molecule has 160 valence electrons. The highest BCUT2D eigenvalue weighted by atomic mass is 79.9. The van der Waals surface area contributed by atoms with Gasteiger partial charge >= 0.3 is 0 Å². The first-order valence-corrected chi connectivity index (χ1v) is 11.1. The molecule has 3 rings (SSSR count). The van der Waals surface area contributed by atoms with Crippen LogP contribution in [0.15, 0.2) is 28.9 Å². The van der Waals surface area contributed by atoms with Crippen molar-refractivity contribution in [1.82, 2.24) is 9.97 Å². The molecule has 1 aromatic carbocycles. The molecule has 0 aliphatic carbocycles. The molecule has 1 saturated heterocycles. The minimum atomic E-state index is -0.0943. The Labute approximate surface area is 186 Å². The summed E-state index contributed by atoms with van der Waals surface area (Å²) in [5.41, 5.74) is 2.86. The standard InChI is InChI=1S/C22H28BrN5O2/c1-4-8-30-15(3)18-10-17(5-6-19(18)23)26-22-25-12-14(2)21(28-22)27-20-13-29-9-7-16(20)11-24/h5-6,10,12,15-16,20H,4,7-9,13H2,1-3H3,(H2,25,26,27,28). The van der Waals surface area contributed by atoms with Gasteiger partial charge in [0.05, 0.1) is 30.7 Å². The van der Waals surface area contributed by atoms with Crippen molar-refractivity contribution >= 4 is 33.4 Å². The Bertz CT molecular complexity index is 902. The molecule has 1 aliphatic heterocycles. The Hall–Kier alpha value is -2.21. The van der Waals surface area contributed by atoms with Crippen molar-refractivity contribution in [2.75, 3.05) is 30.5 Å². The molecule has 2 aromatic rings. The first-order valence-electron chi connectivity index (χ1n) is 10.3. The largest absolute Gasteiger partial charge is 0.379 e. The third-order valence-electron chi connectivity index (χ3n) is 5.08. The third kappa shape index (κ3) is 5.69. The maximum atomic E-state index is 9.40. The summed E-state index contributed by atoms with van der Waals surface area (Å²) in [6.45, 7) is 7.92. The molecule has 8 heteroatoms. The van der Waals surface area contributed by atoms with E-state index in [9.17, 15) is 5.26 Å². The molecule has 0 saturated carbocycles. The number of ether oxygens (including phenoxy) is 2. The number of hydrogen-bond donors (Lipinski definition) is 2. The molecule has 7 nitrogen and oxygen atoms in total. The Balaban J connectivity index is 1.76. The van der Waals surface area contributed by atoms with Crippen LogP contribution in [0.1, 0.15) is 43.9 Å². The normalized spacial score (nSPS) is 19.7. The Kier molecular flexibility index (Phi) is 8.02. The zero-order valence-electron chi connectivity index (χ0n) is 17.6. The van der Waals surface area contributed by atoms with Crippen LogP contribution >= 0.6 is 15.9 Å². The van der Waals surface area contributed by atoms with E-state index >= 15 is 0 Å². The number of benzene rings is 1. The van der Waals surface area contributed by atoms with Gasteiger partial charge in [-0.15, -0.1) is 0 Å². The highest BCUT2D eigenvalue weighted by Crippen LogP contribution is 2.30. The fourth-order valence-electron chi connectivity index (χ4n) is 3.31. The molecule has 30 heavy (non-hydrogen) atoms. The number of aromatic nitrogens is 2. The van der Waals surface area contributed by atoms with Gasteiger partial charge in [0.1, 0.15) is 5.82 Å². The van der Waals surface area contributed by atoms with E-state index in [1.165, 1.54) is 0 Å². The zero-order chi connectivity index (χ0) is 21.5. The first-order chi connectivity index (χ1) is 14.5. The van der Waals surface area contributed by atoms with Crippen LogP contribution in [0, 0.1) is 24.2 Å². The summed E-state index contributed by atoms with van der Waals surface area (Å²) >= 11 is 3.61. The molecule has 3 atom stereocenters. The summed E-state index contributed by atoms with van der Waals surface area (Å²) < 4.78 is 12.4. The van der Waals surface area contributed by atoms with E-state index in [0.717, 1.165) is 40.7 Å². The van der Waals surface area contributed by atoms with Crippen LogP contribution in [0.2, 0.25) is 0 Å². The Morgan fingerprint density at radius 3 is 3.03 bits per heavy atom. The first kappa shape index (κ1) is 22.5. The Morgan fingerprint density at radius 2 is 2.27 bits per heavy atom. The fourth-order valence-corrected chi connectivity index (χ4v) is 3.87. The van der Waals surface area contributed by atoms with Gasteiger partial charge in [-0.1, -0.05) is 22.9 Å². The molecule has 0 radical (unpaired) electrons. The number of nitrogens with one attached hydrogen (secondary N) is 2. The number of rotatable bonds is 8. The molecule has 0 bridgehead atoms. The van der Waals surface area contributed by atoms with Gasteiger partial charge in [0, 0.05) is 35.1 Å². The monoisotopic (exact) mass is 473 g/mol. The minimum Gasteiger partial charge on any atom is -0.379 e. The highest BCUT2D eigenvalue weighted by molar-refractivity contribution is 9.10. The topological polar surface area (TPSA) is 92.1 Å².